The number of benzene rings is 2. The third-order valence-corrected chi connectivity index (χ3v) is 4.00. The molecule has 0 saturated carbocycles. The molecule has 0 fully saturated rings. The van der Waals surface area contributed by atoms with E-state index >= 15 is 0 Å². The highest BCUT2D eigenvalue weighted by Crippen LogP contribution is 2.41. The van der Waals surface area contributed by atoms with Crippen molar-refractivity contribution < 1.29 is 0 Å². The van der Waals surface area contributed by atoms with Crippen molar-refractivity contribution in [3.8, 4) is 0 Å². The maximum atomic E-state index is 4.91. The molecule has 2 heteroatoms. The van der Waals surface area contributed by atoms with Gasteiger partial charge in [0.1, 0.15) is 6.04 Å². The van der Waals surface area contributed by atoms with Crippen molar-refractivity contribution in [2.45, 2.75) is 25.9 Å². The fraction of sp³-hybridized carbons (Fsp3) is 0.278. The molecule has 0 saturated heterocycles. The summed E-state index contributed by atoms with van der Waals surface area (Å²) in [6.07, 6.45) is 0. The van der Waals surface area contributed by atoms with Gasteiger partial charge in [-0.3, -0.25) is 4.99 Å². The van der Waals surface area contributed by atoms with Gasteiger partial charge in [0.2, 0.25) is 0 Å². The standard InChI is InChI=1S/C18H20N2/c1-3-20-14(2)19-17(15-10-6-4-7-11-15)18(20)16-12-8-5-9-13-16/h4-13,17-18H,3H2,1-2H3. The van der Waals surface area contributed by atoms with Crippen LogP contribution in [0, 0.1) is 0 Å². The summed E-state index contributed by atoms with van der Waals surface area (Å²) in [6, 6.07) is 21.8. The Bertz CT molecular complexity index is 589. The molecule has 0 bridgehead atoms. The Morgan fingerprint density at radius 3 is 2.00 bits per heavy atom. The molecule has 20 heavy (non-hydrogen) atoms. The van der Waals surface area contributed by atoms with Gasteiger partial charge in [-0.15, -0.1) is 0 Å². The van der Waals surface area contributed by atoms with Gasteiger partial charge in [0.15, 0.2) is 0 Å². The first-order chi connectivity index (χ1) is 9.81. The van der Waals surface area contributed by atoms with Crippen LogP contribution in [0.5, 0.6) is 0 Å². The zero-order valence-electron chi connectivity index (χ0n) is 12.0. The first kappa shape index (κ1) is 12.9. The second kappa shape index (κ2) is 5.49. The van der Waals surface area contributed by atoms with Crippen LogP contribution in [-0.2, 0) is 0 Å². The summed E-state index contributed by atoms with van der Waals surface area (Å²) in [5, 5.41) is 0. The van der Waals surface area contributed by atoms with Gasteiger partial charge < -0.3 is 4.90 Å². The molecule has 2 nitrogen and oxygen atoms in total. The Hall–Kier alpha value is -2.09. The highest BCUT2D eigenvalue weighted by Gasteiger charge is 2.35. The van der Waals surface area contributed by atoms with E-state index < -0.39 is 0 Å². The maximum Gasteiger partial charge on any atom is 0.101 e. The lowest BCUT2D eigenvalue weighted by molar-refractivity contribution is 0.323. The van der Waals surface area contributed by atoms with Gasteiger partial charge in [-0.2, -0.15) is 0 Å². The van der Waals surface area contributed by atoms with E-state index in [2.05, 4.69) is 79.4 Å². The summed E-state index contributed by atoms with van der Waals surface area (Å²) < 4.78 is 0. The normalized spacial score (nSPS) is 21.9. The summed E-state index contributed by atoms with van der Waals surface area (Å²) in [5.41, 5.74) is 2.63. The monoisotopic (exact) mass is 264 g/mol. The molecule has 2 aromatic rings. The van der Waals surface area contributed by atoms with Gasteiger partial charge in [0.05, 0.1) is 11.9 Å². The third kappa shape index (κ3) is 2.22. The molecule has 0 spiro atoms. The van der Waals surface area contributed by atoms with E-state index in [0.29, 0.717) is 6.04 Å². The molecule has 0 radical (unpaired) electrons. The van der Waals surface area contributed by atoms with Crippen molar-refractivity contribution in [3.63, 3.8) is 0 Å². The number of likely N-dealkylation sites (N-methyl/N-ethyl adjacent to an activating group) is 1. The molecule has 1 heterocycles. The van der Waals surface area contributed by atoms with Crippen molar-refractivity contribution in [1.29, 1.82) is 0 Å². The van der Waals surface area contributed by atoms with Crippen LogP contribution in [0.3, 0.4) is 0 Å². The van der Waals surface area contributed by atoms with E-state index in [-0.39, 0.29) is 6.04 Å². The van der Waals surface area contributed by atoms with Gasteiger partial charge in [0.25, 0.3) is 0 Å². The average molecular weight is 264 g/mol. The van der Waals surface area contributed by atoms with E-state index in [1.54, 1.807) is 0 Å². The maximum absolute atomic E-state index is 4.91. The molecule has 0 aliphatic carbocycles. The van der Waals surface area contributed by atoms with Crippen LogP contribution < -0.4 is 0 Å². The van der Waals surface area contributed by atoms with E-state index in [0.717, 1.165) is 12.4 Å². The molecule has 0 amide bonds. The van der Waals surface area contributed by atoms with Crippen LogP contribution in [0.25, 0.3) is 0 Å². The molecule has 0 N–H and O–H groups in total. The van der Waals surface area contributed by atoms with Gasteiger partial charge in [-0.1, -0.05) is 60.7 Å². The van der Waals surface area contributed by atoms with Crippen LogP contribution in [0.4, 0.5) is 0 Å². The summed E-state index contributed by atoms with van der Waals surface area (Å²) in [4.78, 5) is 7.31. The van der Waals surface area contributed by atoms with E-state index in [4.69, 9.17) is 4.99 Å². The van der Waals surface area contributed by atoms with Crippen LogP contribution in [0.15, 0.2) is 65.7 Å². The summed E-state index contributed by atoms with van der Waals surface area (Å²) in [6.45, 7) is 5.29. The largest absolute Gasteiger partial charge is 0.351 e. The Kier molecular flexibility index (Phi) is 3.55. The van der Waals surface area contributed by atoms with E-state index in [1.165, 1.54) is 11.1 Å². The highest BCUT2D eigenvalue weighted by molar-refractivity contribution is 5.82. The van der Waals surface area contributed by atoms with Crippen molar-refractivity contribution in [1.82, 2.24) is 4.90 Å². The lowest BCUT2D eigenvalue weighted by Gasteiger charge is -2.29. The minimum Gasteiger partial charge on any atom is -0.351 e. The quantitative estimate of drug-likeness (QED) is 0.810. The van der Waals surface area contributed by atoms with Gasteiger partial charge >= 0.3 is 0 Å². The molecule has 2 atom stereocenters. The number of hydrogen-bond donors (Lipinski definition) is 0. The fourth-order valence-electron chi connectivity index (χ4n) is 3.06. The summed E-state index contributed by atoms with van der Waals surface area (Å²) in [5.74, 6) is 1.13. The van der Waals surface area contributed by atoms with Gasteiger partial charge in [-0.05, 0) is 25.0 Å². The molecular weight excluding hydrogens is 244 g/mol. The van der Waals surface area contributed by atoms with E-state index in [9.17, 15) is 0 Å². The first-order valence-electron chi connectivity index (χ1n) is 7.22. The Morgan fingerprint density at radius 2 is 1.45 bits per heavy atom. The second-order valence-electron chi connectivity index (χ2n) is 5.17. The van der Waals surface area contributed by atoms with Crippen molar-refractivity contribution >= 4 is 5.84 Å². The second-order valence-corrected chi connectivity index (χ2v) is 5.17. The molecular formula is C18H20N2. The summed E-state index contributed by atoms with van der Waals surface area (Å²) >= 11 is 0. The van der Waals surface area contributed by atoms with E-state index in [1.807, 2.05) is 0 Å². The van der Waals surface area contributed by atoms with Crippen molar-refractivity contribution in [2.75, 3.05) is 6.54 Å². The first-order valence-corrected chi connectivity index (χ1v) is 7.22. The number of hydrogen-bond acceptors (Lipinski definition) is 2. The predicted octanol–water partition coefficient (Wildman–Crippen LogP) is 4.22. The molecule has 2 unspecified atom stereocenters. The lowest BCUT2D eigenvalue weighted by atomic mass is 9.94. The van der Waals surface area contributed by atoms with Crippen LogP contribution in [-0.4, -0.2) is 17.3 Å². The number of nitrogens with zero attached hydrogens (tertiary/aromatic N) is 2. The summed E-state index contributed by atoms with van der Waals surface area (Å²) in [7, 11) is 0. The minimum absolute atomic E-state index is 0.193. The smallest absolute Gasteiger partial charge is 0.101 e. The van der Waals surface area contributed by atoms with Crippen molar-refractivity contribution in [3.05, 3.63) is 71.8 Å². The van der Waals surface area contributed by atoms with Crippen molar-refractivity contribution in [2.24, 2.45) is 4.99 Å². The predicted molar refractivity (Wildman–Crippen MR) is 83.9 cm³/mol. The third-order valence-electron chi connectivity index (χ3n) is 4.00. The SMILES string of the molecule is CCN1C(C)=NC(c2ccccc2)C1c1ccccc1. The molecule has 3 rings (SSSR count). The molecule has 1 aliphatic rings. The number of rotatable bonds is 3. The molecule has 1 aliphatic heterocycles. The topological polar surface area (TPSA) is 15.6 Å². The highest BCUT2D eigenvalue weighted by atomic mass is 15.3. The molecule has 102 valence electrons. The lowest BCUT2D eigenvalue weighted by Crippen LogP contribution is -2.29. The number of aliphatic imine (C=N–C) groups is 1. The minimum atomic E-state index is 0.193. The average Bonchev–Trinajstić information content (AvgIpc) is 2.85. The molecule has 0 aromatic heterocycles. The zero-order valence-corrected chi connectivity index (χ0v) is 12.0. The fourth-order valence-corrected chi connectivity index (χ4v) is 3.06. The molecule has 2 aromatic carbocycles. The Morgan fingerprint density at radius 1 is 0.900 bits per heavy atom. The Balaban J connectivity index is 2.03. The number of amidine groups is 1. The van der Waals surface area contributed by atoms with Crippen LogP contribution >= 0.6 is 0 Å². The zero-order chi connectivity index (χ0) is 13.9. The van der Waals surface area contributed by atoms with Crippen LogP contribution in [0.2, 0.25) is 0 Å². The Labute approximate surface area is 120 Å². The van der Waals surface area contributed by atoms with Gasteiger partial charge in [0, 0.05) is 6.54 Å². The van der Waals surface area contributed by atoms with Gasteiger partial charge in [-0.25, -0.2) is 0 Å². The van der Waals surface area contributed by atoms with Crippen LogP contribution in [0.1, 0.15) is 37.1 Å².